The summed E-state index contributed by atoms with van der Waals surface area (Å²) >= 11 is 0. The van der Waals surface area contributed by atoms with E-state index in [0.717, 1.165) is 0 Å². The van der Waals surface area contributed by atoms with Gasteiger partial charge in [0, 0.05) is 32.2 Å². The standard InChI is InChI=1S/C26H27F3O5S/c1-4-31-19-17-22(32-5-2)24(23(18-19)33-6-3)35(20-13-9-7-10-14-20,21-15-11-8-12-16-21)34-25(30)26(27,28)29/h7-18H,4-6H2,1-3H3. The lowest BCUT2D eigenvalue weighted by molar-refractivity contribution is -0.188. The molecule has 0 amide bonds. The van der Waals surface area contributed by atoms with Crippen molar-refractivity contribution in [3.05, 3.63) is 72.8 Å². The second-order valence-electron chi connectivity index (χ2n) is 7.10. The molecule has 0 heterocycles. The van der Waals surface area contributed by atoms with Crippen LogP contribution in [0.3, 0.4) is 0 Å². The Morgan fingerprint density at radius 3 is 1.54 bits per heavy atom. The van der Waals surface area contributed by atoms with E-state index in [1.807, 2.05) is 6.92 Å². The van der Waals surface area contributed by atoms with Crippen LogP contribution in [-0.2, 0) is 8.98 Å². The molecule has 5 nitrogen and oxygen atoms in total. The van der Waals surface area contributed by atoms with Crippen LogP contribution in [0.2, 0.25) is 0 Å². The Morgan fingerprint density at radius 2 is 1.17 bits per heavy atom. The van der Waals surface area contributed by atoms with E-state index in [9.17, 15) is 18.0 Å². The van der Waals surface area contributed by atoms with E-state index in [4.69, 9.17) is 18.4 Å². The molecule has 0 bridgehead atoms. The number of benzene rings is 3. The molecule has 0 aromatic heterocycles. The number of hydrogen-bond acceptors (Lipinski definition) is 5. The summed E-state index contributed by atoms with van der Waals surface area (Å²) in [4.78, 5) is 13.4. The highest BCUT2D eigenvalue weighted by Gasteiger charge is 2.49. The third-order valence-corrected chi connectivity index (χ3v) is 8.03. The zero-order valence-corrected chi connectivity index (χ0v) is 20.4. The van der Waals surface area contributed by atoms with Crippen molar-refractivity contribution < 1.29 is 36.4 Å². The largest absolute Gasteiger partial charge is 0.494 e. The minimum absolute atomic E-state index is 0.208. The van der Waals surface area contributed by atoms with Crippen molar-refractivity contribution in [3.63, 3.8) is 0 Å². The van der Waals surface area contributed by atoms with Gasteiger partial charge in [-0.1, -0.05) is 36.4 Å². The lowest BCUT2D eigenvalue weighted by Gasteiger charge is -2.41. The average Bonchev–Trinajstić information content (AvgIpc) is 2.84. The quantitative estimate of drug-likeness (QED) is 0.290. The summed E-state index contributed by atoms with van der Waals surface area (Å²) in [6.45, 7) is 6.08. The normalized spacial score (nSPS) is 12.1. The fourth-order valence-corrected chi connectivity index (χ4v) is 6.73. The zero-order chi connectivity index (χ0) is 25.5. The van der Waals surface area contributed by atoms with Crippen LogP contribution in [0, 0.1) is 0 Å². The first-order chi connectivity index (χ1) is 16.8. The molecule has 0 spiro atoms. The number of rotatable bonds is 10. The molecule has 3 aromatic carbocycles. The maximum atomic E-state index is 13.6. The maximum absolute atomic E-state index is 13.6. The molecule has 0 N–H and O–H groups in total. The Kier molecular flexibility index (Phi) is 8.56. The molecule has 0 radical (unpaired) electrons. The van der Waals surface area contributed by atoms with Gasteiger partial charge in [0.05, 0.1) is 19.8 Å². The number of carbonyl (C=O) groups excluding carboxylic acids is 1. The second kappa shape index (κ2) is 11.4. The summed E-state index contributed by atoms with van der Waals surface area (Å²) in [5.74, 6) is -1.47. The summed E-state index contributed by atoms with van der Waals surface area (Å²) in [7, 11) is -3.33. The maximum Gasteiger partial charge on any atom is 0.491 e. The predicted molar refractivity (Wildman–Crippen MR) is 127 cm³/mol. The molecule has 0 saturated heterocycles. The Bertz CT molecular complexity index is 1050. The van der Waals surface area contributed by atoms with E-state index in [0.29, 0.717) is 22.1 Å². The number of halogens is 3. The third-order valence-electron chi connectivity index (χ3n) is 4.77. The van der Waals surface area contributed by atoms with Gasteiger partial charge in [0.15, 0.2) is 0 Å². The summed E-state index contributed by atoms with van der Waals surface area (Å²) in [6, 6.07) is 19.9. The molecule has 188 valence electrons. The summed E-state index contributed by atoms with van der Waals surface area (Å²) in [6.07, 6.45) is -5.22. The van der Waals surface area contributed by atoms with Gasteiger partial charge in [0.1, 0.15) is 22.1 Å². The van der Waals surface area contributed by atoms with Crippen LogP contribution in [0.1, 0.15) is 20.8 Å². The lowest BCUT2D eigenvalue weighted by atomic mass is 10.3. The molecule has 3 rings (SSSR count). The first kappa shape index (κ1) is 26.3. The highest BCUT2D eigenvalue weighted by molar-refractivity contribution is 8.30. The van der Waals surface area contributed by atoms with E-state index in [2.05, 4.69) is 0 Å². The highest BCUT2D eigenvalue weighted by atomic mass is 32.3. The summed E-state index contributed by atoms with van der Waals surface area (Å²) < 4.78 is 64.0. The summed E-state index contributed by atoms with van der Waals surface area (Å²) in [5, 5.41) is 0. The molecule has 0 atom stereocenters. The van der Waals surface area contributed by atoms with Crippen LogP contribution in [0.4, 0.5) is 13.2 Å². The van der Waals surface area contributed by atoms with Gasteiger partial charge in [0.2, 0.25) is 0 Å². The molecular formula is C26H27F3O5S. The van der Waals surface area contributed by atoms with Crippen LogP contribution in [0.15, 0.2) is 87.5 Å². The van der Waals surface area contributed by atoms with Crippen molar-refractivity contribution >= 4 is 16.3 Å². The molecule has 3 aromatic rings. The third kappa shape index (κ3) is 5.67. The molecule has 0 aliphatic carbocycles. The van der Waals surface area contributed by atoms with Gasteiger partial charge in [-0.3, -0.25) is 0 Å². The molecule has 0 fully saturated rings. The van der Waals surface area contributed by atoms with Gasteiger partial charge in [-0.2, -0.15) is 13.2 Å². The molecule has 9 heteroatoms. The Balaban J connectivity index is 2.49. The molecule has 0 unspecified atom stereocenters. The van der Waals surface area contributed by atoms with Gasteiger partial charge in [-0.05, 0) is 45.0 Å². The van der Waals surface area contributed by atoms with Crippen molar-refractivity contribution in [2.75, 3.05) is 19.8 Å². The highest BCUT2D eigenvalue weighted by Crippen LogP contribution is 2.74. The van der Waals surface area contributed by atoms with Crippen molar-refractivity contribution in [3.8, 4) is 17.2 Å². The van der Waals surface area contributed by atoms with Gasteiger partial charge in [-0.15, -0.1) is 0 Å². The first-order valence-corrected chi connectivity index (χ1v) is 12.6. The number of ether oxygens (including phenoxy) is 3. The lowest BCUT2D eigenvalue weighted by Crippen LogP contribution is -2.27. The second-order valence-corrected chi connectivity index (χ2v) is 9.73. The van der Waals surface area contributed by atoms with Crippen molar-refractivity contribution in [1.29, 1.82) is 0 Å². The van der Waals surface area contributed by atoms with Crippen LogP contribution in [-0.4, -0.2) is 32.0 Å². The van der Waals surface area contributed by atoms with E-state index in [1.165, 1.54) is 0 Å². The number of alkyl halides is 3. The van der Waals surface area contributed by atoms with Crippen LogP contribution in [0.5, 0.6) is 17.2 Å². The topological polar surface area (TPSA) is 54.0 Å². The smallest absolute Gasteiger partial charge is 0.491 e. The number of hydrogen-bond donors (Lipinski definition) is 0. The Hall–Kier alpha value is -3.33. The SMILES string of the molecule is CCOc1cc(OCC)c(S(OC(=O)C(F)(F)F)(c2ccccc2)c2ccccc2)c(OCC)c1. The van der Waals surface area contributed by atoms with E-state index < -0.39 is 22.5 Å². The van der Waals surface area contributed by atoms with Gasteiger partial charge in [-0.25, -0.2) is 4.79 Å². The van der Waals surface area contributed by atoms with E-state index >= 15 is 0 Å². The fourth-order valence-electron chi connectivity index (χ4n) is 3.51. The molecule has 35 heavy (non-hydrogen) atoms. The van der Waals surface area contributed by atoms with Crippen LogP contribution in [0.25, 0.3) is 0 Å². The fraction of sp³-hybridized carbons (Fsp3) is 0.269. The minimum Gasteiger partial charge on any atom is -0.494 e. The minimum atomic E-state index is -5.22. The molecule has 0 aliphatic rings. The van der Waals surface area contributed by atoms with Crippen LogP contribution >= 0.6 is 10.3 Å². The van der Waals surface area contributed by atoms with Crippen molar-refractivity contribution in [2.45, 2.75) is 41.6 Å². The van der Waals surface area contributed by atoms with E-state index in [-0.39, 0.29) is 29.6 Å². The van der Waals surface area contributed by atoms with Crippen molar-refractivity contribution in [1.82, 2.24) is 0 Å². The zero-order valence-electron chi connectivity index (χ0n) is 19.6. The first-order valence-electron chi connectivity index (χ1n) is 11.1. The average molecular weight is 509 g/mol. The van der Waals surface area contributed by atoms with Crippen LogP contribution < -0.4 is 14.2 Å². The predicted octanol–water partition coefficient (Wildman–Crippen LogP) is 7.18. The molecular weight excluding hydrogens is 481 g/mol. The Labute approximate surface area is 204 Å². The molecule has 0 saturated carbocycles. The van der Waals surface area contributed by atoms with Gasteiger partial charge < -0.3 is 18.4 Å². The Morgan fingerprint density at radius 1 is 0.743 bits per heavy atom. The summed E-state index contributed by atoms with van der Waals surface area (Å²) in [5.41, 5.74) is 0. The van der Waals surface area contributed by atoms with Gasteiger partial charge >= 0.3 is 12.1 Å². The monoisotopic (exact) mass is 508 g/mol. The van der Waals surface area contributed by atoms with Gasteiger partial charge in [0.25, 0.3) is 0 Å². The molecule has 0 aliphatic heterocycles. The van der Waals surface area contributed by atoms with E-state index in [1.54, 1.807) is 86.6 Å². The number of carbonyl (C=O) groups is 1. The van der Waals surface area contributed by atoms with Crippen molar-refractivity contribution in [2.24, 2.45) is 0 Å².